The van der Waals surface area contributed by atoms with Crippen molar-refractivity contribution in [1.29, 1.82) is 0 Å². The standard InChI is InChI=1S/C30H27N3O2/c1-22(35-26-12-6-3-7-13-26)30(34)31-24-19-16-23(17-20-24)18-21-29-32-27-14-8-9-15-28(27)33(29)25-10-4-2-5-11-25/h2-17,19-20,22H,18,21H2,1H3,(H,31,34)/t22-/m0/s1. The van der Waals surface area contributed by atoms with Crippen molar-refractivity contribution >= 4 is 22.6 Å². The normalized spacial score (nSPS) is 11.8. The van der Waals surface area contributed by atoms with Crippen molar-refractivity contribution in [3.8, 4) is 11.4 Å². The second kappa shape index (κ2) is 10.3. The molecule has 0 fully saturated rings. The average molecular weight is 462 g/mol. The van der Waals surface area contributed by atoms with E-state index in [9.17, 15) is 4.79 Å². The molecule has 0 unspecified atom stereocenters. The number of aromatic nitrogens is 2. The van der Waals surface area contributed by atoms with E-state index in [1.54, 1.807) is 6.92 Å². The summed E-state index contributed by atoms with van der Waals surface area (Å²) >= 11 is 0. The third-order valence-electron chi connectivity index (χ3n) is 5.93. The Bertz CT molecular complexity index is 1410. The van der Waals surface area contributed by atoms with Gasteiger partial charge in [-0.2, -0.15) is 0 Å². The molecule has 0 saturated heterocycles. The number of anilines is 1. The summed E-state index contributed by atoms with van der Waals surface area (Å²) < 4.78 is 7.95. The largest absolute Gasteiger partial charge is 0.481 e. The second-order valence-corrected chi connectivity index (χ2v) is 8.45. The fourth-order valence-corrected chi connectivity index (χ4v) is 4.12. The van der Waals surface area contributed by atoms with Gasteiger partial charge in [0.15, 0.2) is 6.10 Å². The number of carbonyl (C=O) groups is 1. The van der Waals surface area contributed by atoms with Gasteiger partial charge in [0.25, 0.3) is 5.91 Å². The minimum Gasteiger partial charge on any atom is -0.481 e. The molecule has 1 atom stereocenters. The van der Waals surface area contributed by atoms with Crippen molar-refractivity contribution in [2.75, 3.05) is 5.32 Å². The van der Waals surface area contributed by atoms with E-state index in [0.717, 1.165) is 41.1 Å². The van der Waals surface area contributed by atoms with Gasteiger partial charge in [-0.3, -0.25) is 9.36 Å². The molecule has 1 N–H and O–H groups in total. The Morgan fingerprint density at radius 1 is 0.829 bits per heavy atom. The van der Waals surface area contributed by atoms with Crippen LogP contribution in [0.15, 0.2) is 109 Å². The first kappa shape index (κ1) is 22.4. The van der Waals surface area contributed by atoms with E-state index in [0.29, 0.717) is 5.75 Å². The van der Waals surface area contributed by atoms with Crippen molar-refractivity contribution in [3.05, 3.63) is 121 Å². The summed E-state index contributed by atoms with van der Waals surface area (Å²) in [4.78, 5) is 17.4. The number of ether oxygens (including phenoxy) is 1. The fourth-order valence-electron chi connectivity index (χ4n) is 4.12. The monoisotopic (exact) mass is 461 g/mol. The molecule has 174 valence electrons. The molecule has 0 saturated carbocycles. The second-order valence-electron chi connectivity index (χ2n) is 8.45. The van der Waals surface area contributed by atoms with Crippen molar-refractivity contribution in [2.24, 2.45) is 0 Å². The minimum absolute atomic E-state index is 0.182. The van der Waals surface area contributed by atoms with Crippen LogP contribution in [0.1, 0.15) is 18.3 Å². The number of fused-ring (bicyclic) bond motifs is 1. The van der Waals surface area contributed by atoms with Crippen molar-refractivity contribution in [2.45, 2.75) is 25.9 Å². The van der Waals surface area contributed by atoms with E-state index in [2.05, 4.69) is 34.1 Å². The number of imidazole rings is 1. The number of para-hydroxylation sites is 4. The van der Waals surface area contributed by atoms with E-state index in [1.165, 1.54) is 5.56 Å². The Hall–Kier alpha value is -4.38. The fraction of sp³-hybridized carbons (Fsp3) is 0.133. The maximum atomic E-state index is 12.5. The molecule has 0 radical (unpaired) electrons. The molecule has 1 amide bonds. The quantitative estimate of drug-likeness (QED) is 0.299. The lowest BCUT2D eigenvalue weighted by Gasteiger charge is -2.15. The van der Waals surface area contributed by atoms with Gasteiger partial charge in [0.1, 0.15) is 11.6 Å². The summed E-state index contributed by atoms with van der Waals surface area (Å²) in [7, 11) is 0. The summed E-state index contributed by atoms with van der Waals surface area (Å²) in [6, 6.07) is 35.9. The molecule has 5 rings (SSSR count). The van der Waals surface area contributed by atoms with Crippen LogP contribution in [0.25, 0.3) is 16.7 Å². The van der Waals surface area contributed by atoms with Gasteiger partial charge in [-0.25, -0.2) is 4.98 Å². The molecule has 4 aromatic carbocycles. The van der Waals surface area contributed by atoms with Crippen LogP contribution in [0.2, 0.25) is 0 Å². The molecule has 0 aliphatic heterocycles. The number of nitrogens with zero attached hydrogens (tertiary/aromatic N) is 2. The zero-order valence-corrected chi connectivity index (χ0v) is 19.6. The molecule has 1 heterocycles. The first-order chi connectivity index (χ1) is 17.2. The number of carbonyl (C=O) groups excluding carboxylic acids is 1. The van der Waals surface area contributed by atoms with Crippen LogP contribution in [0, 0.1) is 0 Å². The molecule has 5 aromatic rings. The smallest absolute Gasteiger partial charge is 0.265 e. The third-order valence-corrected chi connectivity index (χ3v) is 5.93. The highest BCUT2D eigenvalue weighted by Crippen LogP contribution is 2.23. The number of hydrogen-bond donors (Lipinski definition) is 1. The molecule has 1 aromatic heterocycles. The molecule has 5 nitrogen and oxygen atoms in total. The van der Waals surface area contributed by atoms with Crippen LogP contribution < -0.4 is 10.1 Å². The number of aryl methyl sites for hydroxylation is 2. The van der Waals surface area contributed by atoms with Crippen LogP contribution in [-0.4, -0.2) is 21.6 Å². The van der Waals surface area contributed by atoms with Gasteiger partial charge < -0.3 is 10.1 Å². The lowest BCUT2D eigenvalue weighted by molar-refractivity contribution is -0.122. The Balaban J connectivity index is 1.25. The predicted molar refractivity (Wildman–Crippen MR) is 140 cm³/mol. The van der Waals surface area contributed by atoms with Gasteiger partial charge >= 0.3 is 0 Å². The molecule has 0 aliphatic carbocycles. The van der Waals surface area contributed by atoms with E-state index < -0.39 is 6.10 Å². The van der Waals surface area contributed by atoms with E-state index in [1.807, 2.05) is 84.9 Å². The molecule has 0 bridgehead atoms. The lowest BCUT2D eigenvalue weighted by atomic mass is 10.1. The molecular formula is C30H27N3O2. The molecule has 5 heteroatoms. The summed E-state index contributed by atoms with van der Waals surface area (Å²) in [6.45, 7) is 1.75. The average Bonchev–Trinajstić information content (AvgIpc) is 3.28. The van der Waals surface area contributed by atoms with Gasteiger partial charge in [0.2, 0.25) is 0 Å². The molecular weight excluding hydrogens is 434 g/mol. The van der Waals surface area contributed by atoms with Crippen LogP contribution in [0.3, 0.4) is 0 Å². The predicted octanol–water partition coefficient (Wildman–Crippen LogP) is 6.22. The first-order valence-corrected chi connectivity index (χ1v) is 11.8. The van der Waals surface area contributed by atoms with Crippen molar-refractivity contribution in [1.82, 2.24) is 9.55 Å². The lowest BCUT2D eigenvalue weighted by Crippen LogP contribution is -2.30. The number of nitrogens with one attached hydrogen (secondary N) is 1. The van der Waals surface area contributed by atoms with Gasteiger partial charge in [-0.1, -0.05) is 60.7 Å². The highest BCUT2D eigenvalue weighted by molar-refractivity contribution is 5.94. The Morgan fingerprint density at radius 3 is 2.23 bits per heavy atom. The van der Waals surface area contributed by atoms with Crippen LogP contribution in [0.5, 0.6) is 5.75 Å². The number of amides is 1. The topological polar surface area (TPSA) is 56.1 Å². The van der Waals surface area contributed by atoms with E-state index in [4.69, 9.17) is 9.72 Å². The highest BCUT2D eigenvalue weighted by Gasteiger charge is 2.15. The number of benzene rings is 4. The van der Waals surface area contributed by atoms with Gasteiger partial charge in [-0.05, 0) is 67.4 Å². The maximum absolute atomic E-state index is 12.5. The SMILES string of the molecule is C[C@H](Oc1ccccc1)C(=O)Nc1ccc(CCc2nc3ccccc3n2-c2ccccc2)cc1. The zero-order chi connectivity index (χ0) is 24.0. The Kier molecular flexibility index (Phi) is 6.57. The van der Waals surface area contributed by atoms with Gasteiger partial charge in [0.05, 0.1) is 11.0 Å². The van der Waals surface area contributed by atoms with Crippen LogP contribution >= 0.6 is 0 Å². The summed E-state index contributed by atoms with van der Waals surface area (Å²) in [5.74, 6) is 1.52. The molecule has 0 spiro atoms. The molecule has 0 aliphatic rings. The zero-order valence-electron chi connectivity index (χ0n) is 19.6. The van der Waals surface area contributed by atoms with Gasteiger partial charge in [0, 0.05) is 17.8 Å². The molecule has 35 heavy (non-hydrogen) atoms. The summed E-state index contributed by atoms with van der Waals surface area (Å²) in [5.41, 5.74) is 5.15. The first-order valence-electron chi connectivity index (χ1n) is 11.8. The summed E-state index contributed by atoms with van der Waals surface area (Å²) in [5, 5.41) is 2.93. The third kappa shape index (κ3) is 5.25. The van der Waals surface area contributed by atoms with E-state index in [-0.39, 0.29) is 5.91 Å². The van der Waals surface area contributed by atoms with Crippen molar-refractivity contribution < 1.29 is 9.53 Å². The van der Waals surface area contributed by atoms with Gasteiger partial charge in [-0.15, -0.1) is 0 Å². The van der Waals surface area contributed by atoms with E-state index >= 15 is 0 Å². The highest BCUT2D eigenvalue weighted by atomic mass is 16.5. The van der Waals surface area contributed by atoms with Crippen LogP contribution in [0.4, 0.5) is 5.69 Å². The minimum atomic E-state index is -0.594. The van der Waals surface area contributed by atoms with Crippen molar-refractivity contribution in [3.63, 3.8) is 0 Å². The Labute approximate surface area is 205 Å². The summed E-state index contributed by atoms with van der Waals surface area (Å²) in [6.07, 6.45) is 1.05. The number of rotatable bonds is 8. The maximum Gasteiger partial charge on any atom is 0.265 e. The van der Waals surface area contributed by atoms with Crippen LogP contribution in [-0.2, 0) is 17.6 Å². The number of hydrogen-bond acceptors (Lipinski definition) is 3. The Morgan fingerprint density at radius 2 is 1.49 bits per heavy atom.